The van der Waals surface area contributed by atoms with Gasteiger partial charge in [-0.3, -0.25) is 14.5 Å². The Balaban J connectivity index is 1.17. The molecule has 1 aromatic rings. The van der Waals surface area contributed by atoms with Crippen LogP contribution in [0.15, 0.2) is 24.3 Å². The maximum Gasteiger partial charge on any atom is 0.408 e. The monoisotopic (exact) mass is 534 g/mol. The predicted octanol–water partition coefficient (Wildman–Crippen LogP) is 3.30. The number of ether oxygens (including phenoxy) is 2. The molecule has 204 valence electrons. The molecule has 0 unspecified atom stereocenters. The maximum atomic E-state index is 12.8. The standard InChI is InChI=1S/C27H39ClN4O5/c1-26(2,3)37-25(35)29-19-23(33)32-11-8-27(9-12-32)18-22(36-24(27)34)7-10-30-13-15-31(16-14-30)21-6-4-5-20(28)17-21/h4-6,17,22H,7-16,18-19H2,1-3H3,(H,29,35)/t22-/m0/s1. The molecule has 37 heavy (non-hydrogen) atoms. The number of likely N-dealkylation sites (tertiary alicyclic amines) is 1. The van der Waals surface area contributed by atoms with Crippen molar-refractivity contribution < 1.29 is 23.9 Å². The zero-order valence-corrected chi connectivity index (χ0v) is 22.9. The van der Waals surface area contributed by atoms with Crippen LogP contribution < -0.4 is 10.2 Å². The molecule has 0 radical (unpaired) electrons. The molecule has 9 nitrogen and oxygen atoms in total. The van der Waals surface area contributed by atoms with Gasteiger partial charge in [-0.25, -0.2) is 4.79 Å². The summed E-state index contributed by atoms with van der Waals surface area (Å²) in [6.07, 6.45) is 2.05. The second-order valence-electron chi connectivity index (χ2n) is 11.3. The molecule has 1 N–H and O–H groups in total. The molecule has 0 aromatic heterocycles. The number of esters is 1. The lowest BCUT2D eigenvalue weighted by Crippen LogP contribution is -2.48. The lowest BCUT2D eigenvalue weighted by molar-refractivity contribution is -0.152. The number of rotatable bonds is 6. The Morgan fingerprint density at radius 2 is 1.84 bits per heavy atom. The van der Waals surface area contributed by atoms with Crippen LogP contribution in [0.25, 0.3) is 0 Å². The topological polar surface area (TPSA) is 91.4 Å². The highest BCUT2D eigenvalue weighted by atomic mass is 35.5. The van der Waals surface area contributed by atoms with E-state index in [2.05, 4.69) is 21.2 Å². The first-order valence-corrected chi connectivity index (χ1v) is 13.6. The Labute approximate surface area is 224 Å². The van der Waals surface area contributed by atoms with Gasteiger partial charge >= 0.3 is 12.1 Å². The van der Waals surface area contributed by atoms with Crippen LogP contribution in [0.1, 0.15) is 46.5 Å². The first-order valence-electron chi connectivity index (χ1n) is 13.2. The molecule has 1 atom stereocenters. The van der Waals surface area contributed by atoms with Gasteiger partial charge in [0.15, 0.2) is 0 Å². The van der Waals surface area contributed by atoms with Gasteiger partial charge in [-0.1, -0.05) is 17.7 Å². The van der Waals surface area contributed by atoms with Gasteiger partial charge in [0.1, 0.15) is 18.2 Å². The summed E-state index contributed by atoms with van der Waals surface area (Å²) in [6.45, 7) is 10.9. The average molecular weight is 535 g/mol. The second kappa shape index (κ2) is 11.5. The number of halogens is 1. The number of piperidine rings is 1. The highest BCUT2D eigenvalue weighted by molar-refractivity contribution is 6.30. The normalized spacial score (nSPS) is 22.2. The largest absolute Gasteiger partial charge is 0.462 e. The number of anilines is 1. The van der Waals surface area contributed by atoms with Crippen molar-refractivity contribution in [3.05, 3.63) is 29.3 Å². The van der Waals surface area contributed by atoms with Crippen LogP contribution in [0.4, 0.5) is 10.5 Å². The van der Waals surface area contributed by atoms with Gasteiger partial charge in [0.25, 0.3) is 0 Å². The first kappa shape index (κ1) is 27.5. The van der Waals surface area contributed by atoms with Gasteiger partial charge < -0.3 is 24.6 Å². The SMILES string of the molecule is CC(C)(C)OC(=O)NCC(=O)N1CCC2(CC1)C[C@H](CCN1CCN(c3cccc(Cl)c3)CC1)OC2=O. The van der Waals surface area contributed by atoms with Crippen molar-refractivity contribution in [2.75, 3.05) is 57.3 Å². The number of alkyl carbamates (subject to hydrolysis) is 1. The van der Waals surface area contributed by atoms with Gasteiger partial charge in [0, 0.05) is 62.9 Å². The molecule has 10 heteroatoms. The third-order valence-corrected chi connectivity index (χ3v) is 7.73. The van der Waals surface area contributed by atoms with Gasteiger partial charge in [-0.15, -0.1) is 0 Å². The summed E-state index contributed by atoms with van der Waals surface area (Å²) in [7, 11) is 0. The van der Waals surface area contributed by atoms with Crippen molar-refractivity contribution in [3.8, 4) is 0 Å². The molecule has 3 aliphatic heterocycles. The highest BCUT2D eigenvalue weighted by Gasteiger charge is 2.50. The molecular weight excluding hydrogens is 496 g/mol. The van der Waals surface area contributed by atoms with Crippen LogP contribution in [-0.2, 0) is 19.1 Å². The van der Waals surface area contributed by atoms with Gasteiger partial charge in [0.2, 0.25) is 5.91 Å². The Morgan fingerprint density at radius 1 is 1.14 bits per heavy atom. The molecule has 4 rings (SSSR count). The number of hydrogen-bond acceptors (Lipinski definition) is 7. The van der Waals surface area contributed by atoms with E-state index in [9.17, 15) is 14.4 Å². The number of amides is 2. The van der Waals surface area contributed by atoms with Crippen LogP contribution in [0.3, 0.4) is 0 Å². The van der Waals surface area contributed by atoms with E-state index in [1.54, 1.807) is 25.7 Å². The van der Waals surface area contributed by atoms with Crippen molar-refractivity contribution in [1.29, 1.82) is 0 Å². The average Bonchev–Trinajstić information content (AvgIpc) is 3.15. The van der Waals surface area contributed by atoms with E-state index in [-0.39, 0.29) is 24.5 Å². The number of piperazine rings is 1. The summed E-state index contributed by atoms with van der Waals surface area (Å²) in [5.74, 6) is -0.289. The lowest BCUT2D eigenvalue weighted by Gasteiger charge is -2.37. The summed E-state index contributed by atoms with van der Waals surface area (Å²) in [6, 6.07) is 7.97. The van der Waals surface area contributed by atoms with E-state index in [0.717, 1.165) is 49.9 Å². The maximum absolute atomic E-state index is 12.8. The van der Waals surface area contributed by atoms with E-state index in [1.165, 1.54) is 0 Å². The number of carbonyl (C=O) groups is 3. The number of carbonyl (C=O) groups excluding carboxylic acids is 3. The van der Waals surface area contributed by atoms with Crippen molar-refractivity contribution >= 4 is 35.3 Å². The summed E-state index contributed by atoms with van der Waals surface area (Å²) in [5, 5.41) is 3.27. The minimum absolute atomic E-state index is 0.0745. The molecule has 3 fully saturated rings. The Kier molecular flexibility index (Phi) is 8.53. The van der Waals surface area contributed by atoms with Gasteiger partial charge in [0.05, 0.1) is 5.41 Å². The highest BCUT2D eigenvalue weighted by Crippen LogP contribution is 2.44. The first-order chi connectivity index (χ1) is 17.5. The molecule has 1 aromatic carbocycles. The second-order valence-corrected chi connectivity index (χ2v) is 11.8. The Morgan fingerprint density at radius 3 is 2.49 bits per heavy atom. The summed E-state index contributed by atoms with van der Waals surface area (Å²) in [5.41, 5.74) is 0.0462. The van der Waals surface area contributed by atoms with Crippen LogP contribution >= 0.6 is 11.6 Å². The van der Waals surface area contributed by atoms with Crippen LogP contribution in [-0.4, -0.2) is 91.8 Å². The number of cyclic esters (lactones) is 1. The molecule has 0 aliphatic carbocycles. The van der Waals surface area contributed by atoms with E-state index in [1.807, 2.05) is 18.2 Å². The fraction of sp³-hybridized carbons (Fsp3) is 0.667. The van der Waals surface area contributed by atoms with Gasteiger partial charge in [-0.05, 0) is 58.2 Å². The zero-order valence-electron chi connectivity index (χ0n) is 22.1. The van der Waals surface area contributed by atoms with Crippen LogP contribution in [0.5, 0.6) is 0 Å². The van der Waals surface area contributed by atoms with E-state index in [0.29, 0.717) is 32.4 Å². The number of nitrogens with zero attached hydrogens (tertiary/aromatic N) is 3. The molecule has 2 amide bonds. The fourth-order valence-corrected chi connectivity index (χ4v) is 5.58. The summed E-state index contributed by atoms with van der Waals surface area (Å²) < 4.78 is 11.0. The minimum Gasteiger partial charge on any atom is -0.462 e. The van der Waals surface area contributed by atoms with Crippen LogP contribution in [0.2, 0.25) is 5.02 Å². The lowest BCUT2D eigenvalue weighted by atomic mass is 9.75. The zero-order chi connectivity index (χ0) is 26.6. The van der Waals surface area contributed by atoms with E-state index in [4.69, 9.17) is 21.1 Å². The predicted molar refractivity (Wildman–Crippen MR) is 142 cm³/mol. The minimum atomic E-state index is -0.616. The van der Waals surface area contributed by atoms with Crippen LogP contribution in [0, 0.1) is 5.41 Å². The third-order valence-electron chi connectivity index (χ3n) is 7.49. The van der Waals surface area contributed by atoms with Gasteiger partial charge in [-0.2, -0.15) is 0 Å². The Hall–Kier alpha value is -2.52. The summed E-state index contributed by atoms with van der Waals surface area (Å²) in [4.78, 5) is 43.7. The molecule has 0 saturated carbocycles. The van der Waals surface area contributed by atoms with Crippen molar-refractivity contribution in [2.45, 2.75) is 58.2 Å². The molecule has 1 spiro atoms. The Bertz CT molecular complexity index is 981. The number of benzene rings is 1. The number of nitrogens with one attached hydrogen (secondary N) is 1. The molecule has 3 aliphatic rings. The third kappa shape index (κ3) is 7.29. The molecule has 3 saturated heterocycles. The number of hydrogen-bond donors (Lipinski definition) is 1. The molecule has 0 bridgehead atoms. The summed E-state index contributed by atoms with van der Waals surface area (Å²) >= 11 is 6.14. The molecular formula is C27H39ClN4O5. The smallest absolute Gasteiger partial charge is 0.408 e. The van der Waals surface area contributed by atoms with Crippen molar-refractivity contribution in [3.63, 3.8) is 0 Å². The molecule has 3 heterocycles. The van der Waals surface area contributed by atoms with E-state index >= 15 is 0 Å². The van der Waals surface area contributed by atoms with Crippen molar-refractivity contribution in [1.82, 2.24) is 15.1 Å². The quantitative estimate of drug-likeness (QED) is 0.560. The van der Waals surface area contributed by atoms with Crippen molar-refractivity contribution in [2.24, 2.45) is 5.41 Å². The fourth-order valence-electron chi connectivity index (χ4n) is 5.39. The van der Waals surface area contributed by atoms with E-state index < -0.39 is 17.1 Å².